The molecule has 24 heavy (non-hydrogen) atoms. The third-order valence-electron chi connectivity index (χ3n) is 4.01. The molecule has 0 radical (unpaired) electrons. The first-order chi connectivity index (χ1) is 11.4. The van der Waals surface area contributed by atoms with E-state index in [-0.39, 0.29) is 5.69 Å². The van der Waals surface area contributed by atoms with Gasteiger partial charge in [-0.25, -0.2) is 0 Å². The average molecular weight is 357 g/mol. The fourth-order valence-corrected chi connectivity index (χ4v) is 3.51. The summed E-state index contributed by atoms with van der Waals surface area (Å²) < 4.78 is 48.2. The van der Waals surface area contributed by atoms with Gasteiger partial charge in [-0.05, 0) is 56.8 Å². The summed E-state index contributed by atoms with van der Waals surface area (Å²) in [7, 11) is 0. The molecular weight excluding hydrogens is 339 g/mol. The van der Waals surface area contributed by atoms with Gasteiger partial charge in [0, 0.05) is 18.8 Å². The molecule has 0 unspecified atom stereocenters. The van der Waals surface area contributed by atoms with Crippen molar-refractivity contribution in [2.75, 3.05) is 22.7 Å². The molecule has 1 aromatic carbocycles. The van der Waals surface area contributed by atoms with E-state index in [4.69, 9.17) is 4.52 Å². The molecule has 8 heteroatoms. The van der Waals surface area contributed by atoms with Gasteiger partial charge in [-0.15, -0.1) is 0 Å². The molecule has 130 valence electrons. The van der Waals surface area contributed by atoms with Crippen LogP contribution in [0.5, 0.6) is 0 Å². The van der Waals surface area contributed by atoms with E-state index >= 15 is 0 Å². The smallest absolute Gasteiger partial charge is 0.372 e. The fraction of sp³-hybridized carbons (Fsp3) is 0.438. The number of aryl methyl sites for hydroxylation is 2. The molecule has 1 aliphatic heterocycles. The van der Waals surface area contributed by atoms with Gasteiger partial charge < -0.3 is 14.1 Å². The molecule has 1 aliphatic rings. The molecule has 0 saturated carbocycles. The lowest BCUT2D eigenvalue weighted by atomic mass is 10.1. The van der Waals surface area contributed by atoms with Gasteiger partial charge in [-0.2, -0.15) is 13.2 Å². The predicted octanol–water partition coefficient (Wildman–Crippen LogP) is 5.03. The maximum Gasteiger partial charge on any atom is 0.418 e. The molecule has 0 atom stereocenters. The molecule has 0 bridgehead atoms. The number of hydrogen-bond acceptors (Lipinski definition) is 5. The molecule has 4 nitrogen and oxygen atoms in total. The highest BCUT2D eigenvalue weighted by Gasteiger charge is 2.34. The summed E-state index contributed by atoms with van der Waals surface area (Å²) in [6, 6.07) is 4.44. The molecule has 1 fully saturated rings. The number of anilines is 2. The molecule has 0 amide bonds. The monoisotopic (exact) mass is 357 g/mol. The van der Waals surface area contributed by atoms with Gasteiger partial charge in [0.05, 0.1) is 21.8 Å². The summed E-state index contributed by atoms with van der Waals surface area (Å²) in [6.45, 7) is 5.09. The summed E-state index contributed by atoms with van der Waals surface area (Å²) in [4.78, 5) is 2.69. The Morgan fingerprint density at radius 1 is 1.21 bits per heavy atom. The van der Waals surface area contributed by atoms with Crippen LogP contribution in [0.2, 0.25) is 0 Å². The first-order valence-electron chi connectivity index (χ1n) is 7.68. The van der Waals surface area contributed by atoms with Gasteiger partial charge in [0.15, 0.2) is 0 Å². The lowest BCUT2D eigenvalue weighted by Crippen LogP contribution is -2.19. The number of benzene rings is 1. The third kappa shape index (κ3) is 3.48. The number of rotatable bonds is 4. The second-order valence-corrected chi connectivity index (χ2v) is 6.60. The zero-order valence-corrected chi connectivity index (χ0v) is 14.2. The Labute approximate surface area is 142 Å². The molecule has 1 N–H and O–H groups in total. The minimum atomic E-state index is -4.42. The average Bonchev–Trinajstić information content (AvgIpc) is 3.16. The van der Waals surface area contributed by atoms with Crippen molar-refractivity contribution in [3.8, 4) is 0 Å². The number of nitrogens with one attached hydrogen (secondary N) is 1. The van der Waals surface area contributed by atoms with Crippen molar-refractivity contribution in [1.82, 2.24) is 5.16 Å². The van der Waals surface area contributed by atoms with Gasteiger partial charge in [0.1, 0.15) is 5.76 Å². The maximum atomic E-state index is 13.4. The molecule has 2 heterocycles. The zero-order chi connectivity index (χ0) is 17.3. The number of nitrogens with zero attached hydrogens (tertiary/aromatic N) is 2. The van der Waals surface area contributed by atoms with Crippen LogP contribution >= 0.6 is 11.9 Å². The second kappa shape index (κ2) is 6.58. The molecular formula is C16H18F3N3OS. The fourth-order valence-electron chi connectivity index (χ4n) is 2.75. The van der Waals surface area contributed by atoms with Crippen molar-refractivity contribution >= 4 is 23.3 Å². The van der Waals surface area contributed by atoms with Crippen LogP contribution in [-0.4, -0.2) is 18.2 Å². The largest absolute Gasteiger partial charge is 0.418 e. The Balaban J connectivity index is 1.86. The minimum Gasteiger partial charge on any atom is -0.372 e. The van der Waals surface area contributed by atoms with Gasteiger partial charge >= 0.3 is 6.18 Å². The van der Waals surface area contributed by atoms with E-state index in [2.05, 4.69) is 9.88 Å². The Bertz CT molecular complexity index is 704. The molecule has 3 rings (SSSR count). The summed E-state index contributed by atoms with van der Waals surface area (Å²) in [5.74, 6) is 0.576. The van der Waals surface area contributed by atoms with Gasteiger partial charge in [0.2, 0.25) is 0 Å². The summed E-state index contributed by atoms with van der Waals surface area (Å²) in [6.07, 6.45) is -2.39. The Morgan fingerprint density at radius 3 is 2.50 bits per heavy atom. The molecule has 1 aromatic heterocycles. The Kier molecular flexibility index (Phi) is 4.67. The molecule has 1 saturated heterocycles. The van der Waals surface area contributed by atoms with Gasteiger partial charge in [-0.3, -0.25) is 0 Å². The summed E-state index contributed by atoms with van der Waals surface area (Å²) in [5, 5.41) is 3.80. The van der Waals surface area contributed by atoms with Crippen molar-refractivity contribution < 1.29 is 17.7 Å². The van der Waals surface area contributed by atoms with Crippen molar-refractivity contribution in [2.45, 2.75) is 37.8 Å². The maximum absolute atomic E-state index is 13.4. The van der Waals surface area contributed by atoms with Gasteiger partial charge in [-0.1, -0.05) is 5.16 Å². The Morgan fingerprint density at radius 2 is 1.92 bits per heavy atom. The van der Waals surface area contributed by atoms with E-state index in [0.29, 0.717) is 22.0 Å². The normalized spacial score (nSPS) is 15.1. The minimum absolute atomic E-state index is 0.0375. The molecule has 0 spiro atoms. The lowest BCUT2D eigenvalue weighted by Gasteiger charge is -2.21. The number of halogens is 3. The van der Waals surface area contributed by atoms with Gasteiger partial charge in [0.25, 0.3) is 0 Å². The zero-order valence-electron chi connectivity index (χ0n) is 13.4. The van der Waals surface area contributed by atoms with Crippen LogP contribution in [0.25, 0.3) is 0 Å². The highest BCUT2D eigenvalue weighted by molar-refractivity contribution is 8.00. The number of aromatic nitrogens is 1. The topological polar surface area (TPSA) is 41.3 Å². The summed E-state index contributed by atoms with van der Waals surface area (Å²) in [5.41, 5.74) is 0.640. The van der Waals surface area contributed by atoms with E-state index in [9.17, 15) is 13.2 Å². The van der Waals surface area contributed by atoms with Crippen LogP contribution in [-0.2, 0) is 6.18 Å². The van der Waals surface area contributed by atoms with E-state index in [1.165, 1.54) is 12.1 Å². The van der Waals surface area contributed by atoms with Crippen LogP contribution in [0.15, 0.2) is 27.6 Å². The van der Waals surface area contributed by atoms with Crippen LogP contribution in [0, 0.1) is 13.8 Å². The predicted molar refractivity (Wildman–Crippen MR) is 88.3 cm³/mol. The van der Waals surface area contributed by atoms with Crippen LogP contribution in [0.3, 0.4) is 0 Å². The van der Waals surface area contributed by atoms with Crippen LogP contribution in [0.1, 0.15) is 29.9 Å². The molecule has 2 aromatic rings. The van der Waals surface area contributed by atoms with Crippen molar-refractivity contribution in [3.05, 3.63) is 35.2 Å². The standard InChI is InChI=1S/C16H18F3N3OS/c1-10-15(11(2)23-20-10)24-21-14-6-5-12(22-7-3-4-8-22)9-13(14)16(17,18)19/h5-6,9,21H,3-4,7-8H2,1-2H3. The highest BCUT2D eigenvalue weighted by atomic mass is 32.2. The third-order valence-corrected chi connectivity index (χ3v) is 5.12. The SMILES string of the molecule is Cc1noc(C)c1SNc1ccc(N2CCCC2)cc1C(F)(F)F. The number of hydrogen-bond donors (Lipinski definition) is 1. The number of alkyl halides is 3. The first-order valence-corrected chi connectivity index (χ1v) is 8.50. The Hall–Kier alpha value is -1.83. The molecule has 0 aliphatic carbocycles. The first kappa shape index (κ1) is 17.0. The second-order valence-electron chi connectivity index (χ2n) is 5.78. The van der Waals surface area contributed by atoms with Crippen molar-refractivity contribution in [1.29, 1.82) is 0 Å². The lowest BCUT2D eigenvalue weighted by molar-refractivity contribution is -0.136. The van der Waals surface area contributed by atoms with Crippen LogP contribution in [0.4, 0.5) is 24.5 Å². The van der Waals surface area contributed by atoms with E-state index in [1.54, 1.807) is 19.9 Å². The van der Waals surface area contributed by atoms with Crippen LogP contribution < -0.4 is 9.62 Å². The van der Waals surface area contributed by atoms with E-state index in [0.717, 1.165) is 37.9 Å². The summed E-state index contributed by atoms with van der Waals surface area (Å²) >= 11 is 1.08. The quantitative estimate of drug-likeness (QED) is 0.777. The van der Waals surface area contributed by atoms with E-state index < -0.39 is 11.7 Å². The van der Waals surface area contributed by atoms with E-state index in [1.807, 2.05) is 4.90 Å². The van der Waals surface area contributed by atoms with Crippen molar-refractivity contribution in [3.63, 3.8) is 0 Å². The van der Waals surface area contributed by atoms with Crippen molar-refractivity contribution in [2.24, 2.45) is 0 Å². The highest BCUT2D eigenvalue weighted by Crippen LogP contribution is 2.40.